The maximum Gasteiger partial charge on any atom is 0.312 e. The van der Waals surface area contributed by atoms with Gasteiger partial charge in [-0.3, -0.25) is 4.57 Å². The van der Waals surface area contributed by atoms with Crippen molar-refractivity contribution in [1.82, 2.24) is 0 Å². The van der Waals surface area contributed by atoms with Crippen molar-refractivity contribution in [2.75, 3.05) is 0 Å². The summed E-state index contributed by atoms with van der Waals surface area (Å²) in [4.78, 5) is 10.4. The van der Waals surface area contributed by atoms with E-state index in [0.717, 1.165) is 38.5 Å². The van der Waals surface area contributed by atoms with Crippen molar-refractivity contribution in [2.45, 2.75) is 32.6 Å². The molecule has 23 heavy (non-hydrogen) atoms. The van der Waals surface area contributed by atoms with Gasteiger partial charge >= 0.3 is 5.77 Å². The molecule has 0 aliphatic carbocycles. The van der Waals surface area contributed by atoms with Crippen LogP contribution < -0.4 is 0 Å². The molecule has 1 aromatic carbocycles. The summed E-state index contributed by atoms with van der Waals surface area (Å²) in [5.41, 5.74) is 4.06. The SMILES string of the molecule is C/C=C\c1cc(SP(=O)(O)S)c(/C=C\C)c(/C=C\C)c1/C=C\C. The molecule has 0 heterocycles. The van der Waals surface area contributed by atoms with Gasteiger partial charge in [-0.15, -0.1) is 0 Å². The molecular formula is C18H23O2PS2. The largest absolute Gasteiger partial charge is 0.329 e. The summed E-state index contributed by atoms with van der Waals surface area (Å²) in [5, 5.41) is 0. The first kappa shape index (κ1) is 20.1. The molecule has 0 aromatic heterocycles. The Morgan fingerprint density at radius 1 is 0.913 bits per heavy atom. The molecule has 0 bridgehead atoms. The van der Waals surface area contributed by atoms with E-state index in [0.29, 0.717) is 0 Å². The summed E-state index contributed by atoms with van der Waals surface area (Å²) < 4.78 is 11.8. The molecule has 0 aliphatic heterocycles. The summed E-state index contributed by atoms with van der Waals surface area (Å²) in [6.45, 7) is 7.83. The molecule has 2 nitrogen and oxygen atoms in total. The number of hydrogen-bond donors (Lipinski definition) is 2. The first-order valence-corrected chi connectivity index (χ1v) is 11.6. The van der Waals surface area contributed by atoms with Gasteiger partial charge in [-0.05, 0) is 67.4 Å². The number of allylic oxidation sites excluding steroid dienone is 4. The standard InChI is InChI=1S/C18H23O2PS2/c1-5-9-14-13-18(23-21(19,20)22)17(12-8-4)16(11-7-3)15(14)10-6-2/h5-13H,1-4H3,(H2,19,20,22)/b9-5-,10-6-,11-7-,12-8-. The predicted octanol–water partition coefficient (Wildman–Crippen LogP) is 6.94. The second-order valence-corrected chi connectivity index (χ2v) is 10.9. The van der Waals surface area contributed by atoms with Crippen LogP contribution in [0.3, 0.4) is 0 Å². The van der Waals surface area contributed by atoms with Gasteiger partial charge in [0, 0.05) is 4.90 Å². The maximum absolute atomic E-state index is 11.8. The zero-order chi connectivity index (χ0) is 17.5. The van der Waals surface area contributed by atoms with Crippen LogP contribution in [0.2, 0.25) is 0 Å². The quantitative estimate of drug-likeness (QED) is 0.423. The molecule has 124 valence electrons. The molecule has 0 saturated carbocycles. The van der Waals surface area contributed by atoms with Gasteiger partial charge in [0.2, 0.25) is 0 Å². The van der Waals surface area contributed by atoms with Crippen LogP contribution in [-0.4, -0.2) is 4.89 Å². The average molecular weight is 366 g/mol. The molecule has 1 unspecified atom stereocenters. The van der Waals surface area contributed by atoms with Gasteiger partial charge in [0.05, 0.1) is 0 Å². The van der Waals surface area contributed by atoms with Crippen LogP contribution in [0, 0.1) is 0 Å². The summed E-state index contributed by atoms with van der Waals surface area (Å²) in [7, 11) is 0. The van der Waals surface area contributed by atoms with Crippen LogP contribution in [0.15, 0.2) is 35.3 Å². The fourth-order valence-electron chi connectivity index (χ4n) is 2.29. The zero-order valence-electron chi connectivity index (χ0n) is 13.9. The van der Waals surface area contributed by atoms with E-state index in [4.69, 9.17) is 0 Å². The van der Waals surface area contributed by atoms with Gasteiger partial charge < -0.3 is 4.89 Å². The maximum atomic E-state index is 11.8. The number of rotatable bonds is 6. The Labute approximate surface area is 148 Å². The highest BCUT2D eigenvalue weighted by atomic mass is 33.1. The fourth-order valence-corrected chi connectivity index (χ4v) is 5.01. The van der Waals surface area contributed by atoms with Crippen LogP contribution in [0.5, 0.6) is 0 Å². The van der Waals surface area contributed by atoms with E-state index in [2.05, 4.69) is 18.3 Å². The molecule has 0 spiro atoms. The third-order valence-electron chi connectivity index (χ3n) is 3.01. The minimum Gasteiger partial charge on any atom is -0.329 e. The van der Waals surface area contributed by atoms with E-state index in [-0.39, 0.29) is 0 Å². The van der Waals surface area contributed by atoms with Crippen LogP contribution in [0.4, 0.5) is 0 Å². The predicted molar refractivity (Wildman–Crippen MR) is 110 cm³/mol. The summed E-state index contributed by atoms with van der Waals surface area (Å²) in [6.07, 6.45) is 15.9. The van der Waals surface area contributed by atoms with E-state index in [1.165, 1.54) is 0 Å². The molecule has 0 saturated heterocycles. The molecular weight excluding hydrogens is 343 g/mol. The van der Waals surface area contributed by atoms with Crippen molar-refractivity contribution < 1.29 is 9.46 Å². The lowest BCUT2D eigenvalue weighted by Gasteiger charge is -2.16. The zero-order valence-corrected chi connectivity index (χ0v) is 16.5. The molecule has 1 aromatic rings. The van der Waals surface area contributed by atoms with Gasteiger partial charge in [-0.1, -0.05) is 60.9 Å². The van der Waals surface area contributed by atoms with E-state index in [9.17, 15) is 9.46 Å². The highest BCUT2D eigenvalue weighted by Gasteiger charge is 2.19. The van der Waals surface area contributed by atoms with Crippen molar-refractivity contribution in [3.05, 3.63) is 52.6 Å². The molecule has 0 fully saturated rings. The first-order valence-electron chi connectivity index (χ1n) is 7.34. The monoisotopic (exact) mass is 366 g/mol. The Kier molecular flexibility index (Phi) is 8.21. The Hall–Kier alpha value is -0.930. The molecule has 0 aliphatic rings. The van der Waals surface area contributed by atoms with Crippen LogP contribution in [0.25, 0.3) is 24.3 Å². The van der Waals surface area contributed by atoms with Gasteiger partial charge in [-0.25, -0.2) is 0 Å². The Bertz CT molecular complexity index is 710. The Morgan fingerprint density at radius 3 is 1.87 bits per heavy atom. The number of hydrogen-bond acceptors (Lipinski definition) is 2. The lowest BCUT2D eigenvalue weighted by molar-refractivity contribution is 0.514. The van der Waals surface area contributed by atoms with Crippen LogP contribution in [0.1, 0.15) is 49.9 Å². The second-order valence-electron chi connectivity index (χ2n) is 4.79. The highest BCUT2D eigenvalue weighted by molar-refractivity contribution is 8.84. The van der Waals surface area contributed by atoms with Crippen LogP contribution >= 0.6 is 29.4 Å². The summed E-state index contributed by atoms with van der Waals surface area (Å²) in [5.74, 6) is -3.54. The van der Waals surface area contributed by atoms with E-state index >= 15 is 0 Å². The smallest absolute Gasteiger partial charge is 0.312 e. The molecule has 1 N–H and O–H groups in total. The normalized spacial score (nSPS) is 15.4. The topological polar surface area (TPSA) is 37.3 Å². The van der Waals surface area contributed by atoms with Crippen molar-refractivity contribution in [3.63, 3.8) is 0 Å². The molecule has 1 rings (SSSR count). The van der Waals surface area contributed by atoms with Gasteiger partial charge in [0.25, 0.3) is 0 Å². The summed E-state index contributed by atoms with van der Waals surface area (Å²) in [6, 6.07) is 1.95. The van der Waals surface area contributed by atoms with Gasteiger partial charge in [0.15, 0.2) is 0 Å². The lowest BCUT2D eigenvalue weighted by atomic mass is 9.94. The van der Waals surface area contributed by atoms with E-state index in [1.54, 1.807) is 0 Å². The Balaban J connectivity index is 3.86. The van der Waals surface area contributed by atoms with Crippen molar-refractivity contribution >= 4 is 53.7 Å². The van der Waals surface area contributed by atoms with Crippen LogP contribution in [-0.2, 0) is 4.57 Å². The Morgan fingerprint density at radius 2 is 1.39 bits per heavy atom. The van der Waals surface area contributed by atoms with Gasteiger partial charge in [0.1, 0.15) is 0 Å². The first-order chi connectivity index (χ1) is 10.9. The number of benzene rings is 1. The highest BCUT2D eigenvalue weighted by Crippen LogP contribution is 2.63. The van der Waals surface area contributed by atoms with E-state index in [1.807, 2.05) is 76.3 Å². The molecule has 1 atom stereocenters. The molecule has 0 amide bonds. The average Bonchev–Trinajstić information content (AvgIpc) is 2.45. The van der Waals surface area contributed by atoms with E-state index < -0.39 is 5.77 Å². The minimum atomic E-state index is -3.54. The molecule has 5 heteroatoms. The third-order valence-corrected chi connectivity index (χ3v) is 5.82. The molecule has 0 radical (unpaired) electrons. The summed E-state index contributed by atoms with van der Waals surface area (Å²) >= 11 is 4.73. The third kappa shape index (κ3) is 5.89. The number of thiol groups is 1. The lowest BCUT2D eigenvalue weighted by Crippen LogP contribution is -1.94. The van der Waals surface area contributed by atoms with Crippen molar-refractivity contribution in [1.29, 1.82) is 0 Å². The second kappa shape index (κ2) is 9.39. The van der Waals surface area contributed by atoms with Crippen molar-refractivity contribution in [3.8, 4) is 0 Å². The minimum absolute atomic E-state index is 0.749. The van der Waals surface area contributed by atoms with Crippen molar-refractivity contribution in [2.24, 2.45) is 0 Å². The fraction of sp³-hybridized carbons (Fsp3) is 0.222. The van der Waals surface area contributed by atoms with Gasteiger partial charge in [-0.2, -0.15) is 0 Å².